The molecule has 1 aliphatic heterocycles. The van der Waals surface area contributed by atoms with Crippen LogP contribution in [0.5, 0.6) is 0 Å². The molecule has 0 N–H and O–H groups in total. The van der Waals surface area contributed by atoms with E-state index < -0.39 is 40.8 Å². The molecule has 2 aliphatic carbocycles. The zero-order valence-corrected chi connectivity index (χ0v) is 18.4. The molecule has 31 heavy (non-hydrogen) atoms. The number of esters is 2. The third kappa shape index (κ3) is 3.40. The van der Waals surface area contributed by atoms with Crippen molar-refractivity contribution in [2.45, 2.75) is 51.7 Å². The average molecular weight is 434 g/mol. The molecule has 2 heterocycles. The van der Waals surface area contributed by atoms with Crippen molar-refractivity contribution in [1.29, 1.82) is 0 Å². The molecule has 0 unspecified atom stereocenters. The normalized spacial score (nSPS) is 39.9. The summed E-state index contributed by atoms with van der Waals surface area (Å²) in [4.78, 5) is 39.6. The van der Waals surface area contributed by atoms with Crippen molar-refractivity contribution in [3.63, 3.8) is 0 Å². The summed E-state index contributed by atoms with van der Waals surface area (Å²) in [6.07, 6.45) is 3.65. The fraction of sp³-hybridized carbons (Fsp3) is 0.696. The van der Waals surface area contributed by atoms with Crippen LogP contribution >= 0.6 is 0 Å². The number of ether oxygens (including phenoxy) is 4. The van der Waals surface area contributed by atoms with Crippen molar-refractivity contribution in [2.75, 3.05) is 21.0 Å². The summed E-state index contributed by atoms with van der Waals surface area (Å²) in [6, 6.07) is 1.77. The van der Waals surface area contributed by atoms with Gasteiger partial charge in [0.05, 0.1) is 31.5 Å². The number of cyclic esters (lactones) is 1. The van der Waals surface area contributed by atoms with E-state index in [4.69, 9.17) is 23.4 Å². The maximum atomic E-state index is 13.8. The predicted molar refractivity (Wildman–Crippen MR) is 106 cm³/mol. The Hall–Kier alpha value is -2.19. The highest BCUT2D eigenvalue weighted by molar-refractivity contribution is 5.92. The molecule has 1 aromatic rings. The monoisotopic (exact) mass is 434 g/mol. The maximum Gasteiger partial charge on any atom is 0.310 e. The van der Waals surface area contributed by atoms with E-state index in [9.17, 15) is 14.4 Å². The van der Waals surface area contributed by atoms with Gasteiger partial charge in [0.1, 0.15) is 19.0 Å². The summed E-state index contributed by atoms with van der Waals surface area (Å²) in [5.74, 6) is -2.21. The van der Waals surface area contributed by atoms with E-state index in [0.29, 0.717) is 19.3 Å². The number of hydrogen-bond acceptors (Lipinski definition) is 8. The zero-order chi connectivity index (χ0) is 22.4. The van der Waals surface area contributed by atoms with E-state index in [1.807, 2.05) is 13.8 Å². The standard InChI is InChI=1S/C23H30O8/c1-22-7-5-14-21(26)31-17(13-6-8-29-11-13)10-23(14,2)19(22)18(24)16(30-12-27-3)9-15(22)20(25)28-4/h6,8,11,14-17,19H,5,7,9-10,12H2,1-4H3/t14-,15-,16-,17+,19-,22-,23-/m0/s1. The number of hydrogen-bond donors (Lipinski definition) is 0. The van der Waals surface area contributed by atoms with E-state index in [1.54, 1.807) is 12.3 Å². The molecule has 4 rings (SSSR count). The van der Waals surface area contributed by atoms with Gasteiger partial charge >= 0.3 is 11.9 Å². The Kier molecular flexibility index (Phi) is 5.72. The molecule has 1 saturated heterocycles. The summed E-state index contributed by atoms with van der Waals surface area (Å²) in [6.45, 7) is 3.92. The highest BCUT2D eigenvalue weighted by atomic mass is 16.7. The van der Waals surface area contributed by atoms with Crippen molar-refractivity contribution in [3.8, 4) is 0 Å². The molecule has 170 valence electrons. The molecule has 0 aromatic carbocycles. The van der Waals surface area contributed by atoms with Crippen molar-refractivity contribution in [3.05, 3.63) is 24.2 Å². The molecule has 0 bridgehead atoms. The summed E-state index contributed by atoms with van der Waals surface area (Å²) in [7, 11) is 2.85. The van der Waals surface area contributed by atoms with Crippen LogP contribution in [-0.2, 0) is 33.3 Å². The predicted octanol–water partition coefficient (Wildman–Crippen LogP) is 3.06. The Morgan fingerprint density at radius 2 is 2.00 bits per heavy atom. The van der Waals surface area contributed by atoms with Crippen LogP contribution in [0.25, 0.3) is 0 Å². The molecule has 8 heteroatoms. The van der Waals surface area contributed by atoms with Crippen LogP contribution in [0.4, 0.5) is 0 Å². The minimum absolute atomic E-state index is 0.0481. The van der Waals surface area contributed by atoms with Gasteiger partial charge in [0.2, 0.25) is 0 Å². The van der Waals surface area contributed by atoms with Crippen LogP contribution in [0.2, 0.25) is 0 Å². The summed E-state index contributed by atoms with van der Waals surface area (Å²) in [5.41, 5.74) is -0.566. The van der Waals surface area contributed by atoms with Gasteiger partial charge in [0.25, 0.3) is 0 Å². The Balaban J connectivity index is 1.77. The molecule has 8 nitrogen and oxygen atoms in total. The van der Waals surface area contributed by atoms with Crippen LogP contribution in [0, 0.1) is 28.6 Å². The van der Waals surface area contributed by atoms with Gasteiger partial charge in [-0.3, -0.25) is 14.4 Å². The first-order valence-corrected chi connectivity index (χ1v) is 10.7. The smallest absolute Gasteiger partial charge is 0.310 e. The second kappa shape index (κ2) is 8.06. The van der Waals surface area contributed by atoms with Crippen LogP contribution in [0.1, 0.15) is 51.2 Å². The van der Waals surface area contributed by atoms with Crippen molar-refractivity contribution in [1.82, 2.24) is 0 Å². The van der Waals surface area contributed by atoms with Gasteiger partial charge in [-0.25, -0.2) is 0 Å². The Labute approximate surface area is 181 Å². The zero-order valence-electron chi connectivity index (χ0n) is 18.4. The van der Waals surface area contributed by atoms with E-state index in [-0.39, 0.29) is 30.9 Å². The number of carbonyl (C=O) groups excluding carboxylic acids is 3. The summed E-state index contributed by atoms with van der Waals surface area (Å²) < 4.78 is 26.8. The minimum Gasteiger partial charge on any atom is -0.472 e. The number of methoxy groups -OCH3 is 2. The molecule has 7 atom stereocenters. The number of fused-ring (bicyclic) bond motifs is 3. The first-order chi connectivity index (χ1) is 14.8. The number of ketones is 1. The Bertz CT molecular complexity index is 848. The third-order valence-electron chi connectivity index (χ3n) is 7.89. The number of Topliss-reactive ketones (excluding diaryl/α,β-unsaturated/α-hetero) is 1. The van der Waals surface area contributed by atoms with Gasteiger partial charge in [-0.15, -0.1) is 0 Å². The third-order valence-corrected chi connectivity index (χ3v) is 7.89. The number of carbonyl (C=O) groups is 3. The number of furan rings is 1. The SMILES string of the molecule is COCO[C@H]1C[C@@H](C(=O)OC)[C@]2(C)CC[C@H]3C(=O)O[C@@H](c4ccoc4)C[C@]3(C)[C@H]2C1=O. The lowest BCUT2D eigenvalue weighted by Crippen LogP contribution is -2.64. The molecular formula is C23H30O8. The van der Waals surface area contributed by atoms with Gasteiger partial charge in [-0.2, -0.15) is 0 Å². The van der Waals surface area contributed by atoms with Crippen LogP contribution < -0.4 is 0 Å². The quantitative estimate of drug-likeness (QED) is 0.515. The van der Waals surface area contributed by atoms with Crippen LogP contribution in [0.3, 0.4) is 0 Å². The van der Waals surface area contributed by atoms with Gasteiger partial charge in [0.15, 0.2) is 5.78 Å². The summed E-state index contributed by atoms with van der Waals surface area (Å²) in [5, 5.41) is 0. The highest BCUT2D eigenvalue weighted by Gasteiger charge is 2.67. The lowest BCUT2D eigenvalue weighted by molar-refractivity contribution is -0.213. The lowest BCUT2D eigenvalue weighted by atomic mass is 9.43. The molecular weight excluding hydrogens is 404 g/mol. The van der Waals surface area contributed by atoms with Crippen LogP contribution in [0.15, 0.2) is 23.0 Å². The van der Waals surface area contributed by atoms with Crippen molar-refractivity contribution >= 4 is 17.7 Å². The van der Waals surface area contributed by atoms with Gasteiger partial charge in [0, 0.05) is 18.6 Å². The molecule has 0 radical (unpaired) electrons. The average Bonchev–Trinajstić information content (AvgIpc) is 3.26. The maximum absolute atomic E-state index is 13.8. The highest BCUT2D eigenvalue weighted by Crippen LogP contribution is 2.65. The van der Waals surface area contributed by atoms with Gasteiger partial charge in [-0.1, -0.05) is 13.8 Å². The molecule has 3 fully saturated rings. The Morgan fingerprint density at radius 3 is 2.65 bits per heavy atom. The first-order valence-electron chi connectivity index (χ1n) is 10.7. The van der Waals surface area contributed by atoms with E-state index >= 15 is 0 Å². The van der Waals surface area contributed by atoms with Crippen molar-refractivity contribution in [2.24, 2.45) is 28.6 Å². The first kappa shape index (κ1) is 22.0. The Morgan fingerprint density at radius 1 is 1.23 bits per heavy atom. The second-order valence-corrected chi connectivity index (χ2v) is 9.50. The minimum atomic E-state index is -0.789. The molecule has 0 amide bonds. The molecule has 2 saturated carbocycles. The van der Waals surface area contributed by atoms with E-state index in [1.165, 1.54) is 20.5 Å². The molecule has 1 aromatic heterocycles. The second-order valence-electron chi connectivity index (χ2n) is 9.50. The van der Waals surface area contributed by atoms with E-state index in [2.05, 4.69) is 0 Å². The van der Waals surface area contributed by atoms with Crippen molar-refractivity contribution < 1.29 is 37.7 Å². The van der Waals surface area contributed by atoms with Gasteiger partial charge < -0.3 is 23.4 Å². The van der Waals surface area contributed by atoms with E-state index in [0.717, 1.165) is 5.56 Å². The van der Waals surface area contributed by atoms with Gasteiger partial charge in [-0.05, 0) is 42.6 Å². The molecule has 0 spiro atoms. The number of rotatable bonds is 5. The molecule has 3 aliphatic rings. The topological polar surface area (TPSA) is 101 Å². The lowest BCUT2D eigenvalue weighted by Gasteiger charge is -2.61. The largest absolute Gasteiger partial charge is 0.472 e. The van der Waals surface area contributed by atoms with Crippen LogP contribution in [-0.4, -0.2) is 44.8 Å². The fourth-order valence-electron chi connectivity index (χ4n) is 6.46. The summed E-state index contributed by atoms with van der Waals surface area (Å²) >= 11 is 0. The fourth-order valence-corrected chi connectivity index (χ4v) is 6.46.